The molecule has 3 aliphatic rings. The van der Waals surface area contributed by atoms with Crippen LogP contribution < -0.4 is 0 Å². The Hall–Kier alpha value is -0.993. The van der Waals surface area contributed by atoms with Crippen molar-refractivity contribution in [2.45, 2.75) is 68.5 Å². The third-order valence-electron chi connectivity index (χ3n) is 7.20. The molecule has 3 fully saturated rings. The molecule has 0 aromatic heterocycles. The molecule has 0 aliphatic heterocycles. The van der Waals surface area contributed by atoms with Gasteiger partial charge in [0.2, 0.25) is 0 Å². The first-order valence-electron chi connectivity index (χ1n) is 11.2. The Labute approximate surface area is 189 Å². The fourth-order valence-corrected chi connectivity index (χ4v) is 7.93. The quantitative estimate of drug-likeness (QED) is 0.242. The average molecular weight is 466 g/mol. The third kappa shape index (κ3) is 5.01. The summed E-state index contributed by atoms with van der Waals surface area (Å²) >= 11 is 0. The molecule has 0 radical (unpaired) electrons. The molecule has 0 amide bonds. The third-order valence-corrected chi connectivity index (χ3v) is 11.4. The lowest BCUT2D eigenvalue weighted by Gasteiger charge is -2.60. The van der Waals surface area contributed by atoms with Crippen molar-refractivity contribution < 1.29 is 18.8 Å². The van der Waals surface area contributed by atoms with E-state index in [0.717, 1.165) is 30.9 Å². The summed E-state index contributed by atoms with van der Waals surface area (Å²) in [5.41, 5.74) is -0.501. The topological polar surface area (TPSA) is 68.1 Å². The number of rotatable bonds is 9. The lowest BCUT2D eigenvalue weighted by molar-refractivity contribution is -0.236. The molecule has 1 aromatic carbocycles. The van der Waals surface area contributed by atoms with E-state index in [1.165, 1.54) is 0 Å². The summed E-state index contributed by atoms with van der Waals surface area (Å²) in [6.07, 6.45) is 2.00. The highest BCUT2D eigenvalue weighted by molar-refractivity contribution is 7.93. The van der Waals surface area contributed by atoms with Crippen molar-refractivity contribution in [2.24, 2.45) is 15.7 Å². The van der Waals surface area contributed by atoms with Gasteiger partial charge in [-0.25, -0.2) is 8.57 Å². The van der Waals surface area contributed by atoms with Crippen LogP contribution in [0.2, 0.25) is 25.7 Å². The van der Waals surface area contributed by atoms with Crippen LogP contribution in [0.4, 0.5) is 0 Å². The lowest BCUT2D eigenvalue weighted by atomic mass is 9.52. The molecule has 7 heteroatoms. The number of fused-ring (bicyclic) bond motifs is 3. The van der Waals surface area contributed by atoms with Crippen molar-refractivity contribution >= 4 is 17.8 Å². The highest BCUT2D eigenvalue weighted by atomic mass is 32.2. The van der Waals surface area contributed by atoms with Gasteiger partial charge in [-0.05, 0) is 43.4 Å². The van der Waals surface area contributed by atoms with Gasteiger partial charge >= 0.3 is 0 Å². The summed E-state index contributed by atoms with van der Waals surface area (Å²) in [6.45, 7) is 14.2. The molecule has 2 bridgehead atoms. The molecular formula is C24H39NO4SSi. The molecule has 174 valence electrons. The maximum absolute atomic E-state index is 13.9. The Bertz CT molecular complexity index is 906. The van der Waals surface area contributed by atoms with Crippen molar-refractivity contribution in [2.75, 3.05) is 26.2 Å². The van der Waals surface area contributed by atoms with E-state index in [1.54, 1.807) is 7.05 Å². The number of nitrogens with zero attached hydrogens (tertiary/aromatic N) is 1. The van der Waals surface area contributed by atoms with E-state index >= 15 is 0 Å². The number of benzene rings is 1. The molecule has 4 rings (SSSR count). The van der Waals surface area contributed by atoms with Gasteiger partial charge in [0.15, 0.2) is 0 Å². The summed E-state index contributed by atoms with van der Waals surface area (Å²) in [6, 6.07) is 10.3. The van der Waals surface area contributed by atoms with E-state index < -0.39 is 29.5 Å². The number of aliphatic hydroxyl groups is 1. The van der Waals surface area contributed by atoms with Gasteiger partial charge in [0.25, 0.3) is 0 Å². The first-order valence-corrected chi connectivity index (χ1v) is 16.6. The minimum atomic E-state index is -2.79. The van der Waals surface area contributed by atoms with E-state index in [0.29, 0.717) is 11.5 Å². The van der Waals surface area contributed by atoms with E-state index in [1.807, 2.05) is 30.3 Å². The van der Waals surface area contributed by atoms with Gasteiger partial charge in [0.1, 0.15) is 12.4 Å². The molecule has 1 N–H and O–H groups in total. The van der Waals surface area contributed by atoms with Crippen LogP contribution in [0.5, 0.6) is 0 Å². The summed E-state index contributed by atoms with van der Waals surface area (Å²) in [5, 5.41) is 12.1. The summed E-state index contributed by atoms with van der Waals surface area (Å²) < 4.78 is 30.3. The van der Waals surface area contributed by atoms with Gasteiger partial charge in [-0.15, -0.1) is 0 Å². The van der Waals surface area contributed by atoms with Gasteiger partial charge in [-0.3, -0.25) is 0 Å². The van der Waals surface area contributed by atoms with Crippen LogP contribution in [-0.4, -0.2) is 55.3 Å². The molecule has 0 spiro atoms. The molecule has 0 heterocycles. The lowest BCUT2D eigenvalue weighted by Crippen LogP contribution is -2.67. The smallest absolute Gasteiger partial charge is 0.147 e. The summed E-state index contributed by atoms with van der Waals surface area (Å²) in [4.78, 5) is 0.654. The molecule has 5 nitrogen and oxygen atoms in total. The molecule has 31 heavy (non-hydrogen) atoms. The van der Waals surface area contributed by atoms with Crippen LogP contribution in [0.3, 0.4) is 0 Å². The minimum absolute atomic E-state index is 0.0416. The molecule has 1 aromatic rings. The van der Waals surface area contributed by atoms with E-state index in [-0.39, 0.29) is 23.9 Å². The molecule has 5 atom stereocenters. The number of hydrogen-bond acceptors (Lipinski definition) is 5. The second-order valence-corrected chi connectivity index (χ2v) is 18.6. The van der Waals surface area contributed by atoms with Crippen LogP contribution in [0, 0.1) is 11.3 Å². The maximum atomic E-state index is 13.9. The fraction of sp³-hybridized carbons (Fsp3) is 0.667. The maximum Gasteiger partial charge on any atom is 0.147 e. The Balaban J connectivity index is 1.85. The molecule has 0 unspecified atom stereocenters. The standard InChI is InChI=1S/C24H39NO4SSi/c1-19-16-20-12-13-23(19,2)22(29-18-28-14-15-31(4,5)6)24(20,26)17-30(27,25-3)21-10-8-7-9-11-21/h7-11,20,22,26H,1,12-18H2,2-6H3/t20-,22+,23+,24-,30-/m1/s1. The van der Waals surface area contributed by atoms with E-state index in [2.05, 4.69) is 37.5 Å². The highest BCUT2D eigenvalue weighted by Gasteiger charge is 2.62. The Morgan fingerprint density at radius 2 is 1.97 bits per heavy atom. The summed E-state index contributed by atoms with van der Waals surface area (Å²) in [5.74, 6) is 0.0215. The van der Waals surface area contributed by atoms with Crippen molar-refractivity contribution in [1.82, 2.24) is 0 Å². The van der Waals surface area contributed by atoms with Crippen molar-refractivity contribution in [3.8, 4) is 0 Å². The van der Waals surface area contributed by atoms with Crippen molar-refractivity contribution in [1.29, 1.82) is 0 Å². The molecular weight excluding hydrogens is 426 g/mol. The van der Waals surface area contributed by atoms with Crippen LogP contribution >= 0.6 is 0 Å². The predicted octanol–water partition coefficient (Wildman–Crippen LogP) is 4.95. The van der Waals surface area contributed by atoms with Gasteiger partial charge in [-0.1, -0.05) is 56.9 Å². The first kappa shape index (κ1) is 24.6. The monoisotopic (exact) mass is 465 g/mol. The van der Waals surface area contributed by atoms with Gasteiger partial charge in [-0.2, -0.15) is 0 Å². The average Bonchev–Trinajstić information content (AvgIpc) is 2.71. The fourth-order valence-electron chi connectivity index (χ4n) is 5.07. The predicted molar refractivity (Wildman–Crippen MR) is 129 cm³/mol. The second kappa shape index (κ2) is 9.10. The molecule has 3 saturated carbocycles. The first-order chi connectivity index (χ1) is 14.4. The van der Waals surface area contributed by atoms with Crippen LogP contribution in [-0.2, 0) is 19.2 Å². The summed E-state index contributed by atoms with van der Waals surface area (Å²) in [7, 11) is -2.39. The van der Waals surface area contributed by atoms with Gasteiger partial charge in [0, 0.05) is 32.0 Å². The van der Waals surface area contributed by atoms with Crippen LogP contribution in [0.25, 0.3) is 0 Å². The Kier molecular flexibility index (Phi) is 7.23. The largest absolute Gasteiger partial charge is 0.386 e. The van der Waals surface area contributed by atoms with Crippen molar-refractivity contribution in [3.05, 3.63) is 42.5 Å². The minimum Gasteiger partial charge on any atom is -0.386 e. The van der Waals surface area contributed by atoms with Gasteiger partial charge in [0.05, 0.1) is 21.6 Å². The zero-order chi connectivity index (χ0) is 22.9. The van der Waals surface area contributed by atoms with E-state index in [9.17, 15) is 9.32 Å². The van der Waals surface area contributed by atoms with Crippen molar-refractivity contribution in [3.63, 3.8) is 0 Å². The Morgan fingerprint density at radius 1 is 1.29 bits per heavy atom. The van der Waals surface area contributed by atoms with E-state index in [4.69, 9.17) is 9.47 Å². The van der Waals surface area contributed by atoms with Crippen LogP contribution in [0.15, 0.2) is 51.7 Å². The normalized spacial score (nSPS) is 32.6. The van der Waals surface area contributed by atoms with Crippen LogP contribution in [0.1, 0.15) is 26.2 Å². The molecule has 3 aliphatic carbocycles. The second-order valence-electron chi connectivity index (χ2n) is 10.6. The molecule has 0 saturated heterocycles. The Morgan fingerprint density at radius 3 is 2.55 bits per heavy atom. The number of hydrogen-bond donors (Lipinski definition) is 1. The van der Waals surface area contributed by atoms with Gasteiger partial charge < -0.3 is 14.6 Å². The SMILES string of the molecule is C=C1C[C@H]2CC[C@]1(C)[C@H](OCOCC[Si](C)(C)C)[C@@]2(O)C[S@](=O)(=NC)c1ccccc1. The highest BCUT2D eigenvalue weighted by Crippen LogP contribution is 2.58. The zero-order valence-corrected chi connectivity index (χ0v) is 21.5. The zero-order valence-electron chi connectivity index (χ0n) is 19.7. The number of ether oxygens (including phenoxy) is 2.